The lowest BCUT2D eigenvalue weighted by atomic mass is 9.90. The topological polar surface area (TPSA) is 50.7 Å². The highest BCUT2D eigenvalue weighted by atomic mass is 35.5. The molecule has 2 rings (SSSR count). The van der Waals surface area contributed by atoms with Crippen LogP contribution >= 0.6 is 11.6 Å². The number of hydrogen-bond acceptors (Lipinski definition) is 3. The van der Waals surface area contributed by atoms with E-state index in [-0.39, 0.29) is 11.7 Å². The fraction of sp³-hybridized carbons (Fsp3) is 0.333. The van der Waals surface area contributed by atoms with E-state index in [1.807, 2.05) is 6.92 Å². The van der Waals surface area contributed by atoms with Gasteiger partial charge in [-0.25, -0.2) is 4.39 Å². The third kappa shape index (κ3) is 2.47. The summed E-state index contributed by atoms with van der Waals surface area (Å²) in [5, 5.41) is 8.23. The Bertz CT molecular complexity index is 497. The highest BCUT2D eigenvalue weighted by Crippen LogP contribution is 2.24. The summed E-state index contributed by atoms with van der Waals surface area (Å²) < 4.78 is 13.8. The number of halogens is 2. The molecule has 1 aromatic rings. The first-order valence-corrected chi connectivity index (χ1v) is 5.85. The van der Waals surface area contributed by atoms with Crippen LogP contribution in [-0.4, -0.2) is 11.5 Å². The maximum absolute atomic E-state index is 13.8. The van der Waals surface area contributed by atoms with Gasteiger partial charge in [-0.3, -0.25) is 0 Å². The number of hydrogen-bond donors (Lipinski definition) is 1. The molecule has 0 saturated carbocycles. The minimum absolute atomic E-state index is 0.114. The van der Waals surface area contributed by atoms with E-state index in [1.165, 1.54) is 6.07 Å². The van der Waals surface area contributed by atoms with Gasteiger partial charge in [-0.2, -0.15) is 5.10 Å². The number of nitrogens with two attached hydrogens (primary N) is 1. The van der Waals surface area contributed by atoms with E-state index in [1.54, 1.807) is 12.1 Å². The Morgan fingerprint density at radius 2 is 2.24 bits per heavy atom. The van der Waals surface area contributed by atoms with Gasteiger partial charge in [0.1, 0.15) is 11.7 Å². The molecular formula is C12H13ClFN3. The Labute approximate surface area is 104 Å². The Balaban J connectivity index is 2.44. The van der Waals surface area contributed by atoms with Gasteiger partial charge < -0.3 is 5.73 Å². The summed E-state index contributed by atoms with van der Waals surface area (Å²) in [7, 11) is 0. The molecule has 3 nitrogen and oxygen atoms in total. The fourth-order valence-corrected chi connectivity index (χ4v) is 2.06. The van der Waals surface area contributed by atoms with Gasteiger partial charge in [-0.15, -0.1) is 5.10 Å². The lowest BCUT2D eigenvalue weighted by Gasteiger charge is -2.20. The van der Waals surface area contributed by atoms with Crippen molar-refractivity contribution in [3.63, 3.8) is 0 Å². The molecule has 0 bridgehead atoms. The molecule has 2 N–H and O–H groups in total. The summed E-state index contributed by atoms with van der Waals surface area (Å²) in [6.45, 7) is 2.02. The summed E-state index contributed by atoms with van der Waals surface area (Å²) in [5.41, 5.74) is 6.74. The molecule has 1 aliphatic heterocycles. The molecule has 90 valence electrons. The number of nitrogens with zero attached hydrogens (tertiary/aromatic N) is 2. The van der Waals surface area contributed by atoms with Gasteiger partial charge in [0.25, 0.3) is 0 Å². The van der Waals surface area contributed by atoms with E-state index in [4.69, 9.17) is 17.3 Å². The van der Waals surface area contributed by atoms with Crippen molar-refractivity contribution in [2.75, 3.05) is 0 Å². The van der Waals surface area contributed by atoms with Gasteiger partial charge in [0, 0.05) is 22.9 Å². The average molecular weight is 254 g/mol. The normalized spacial score (nSPS) is 19.8. The van der Waals surface area contributed by atoms with Gasteiger partial charge in [-0.1, -0.05) is 18.5 Å². The molecule has 1 aromatic carbocycles. The maximum Gasteiger partial charge on any atom is 0.133 e. The number of rotatable bonds is 2. The lowest BCUT2D eigenvalue weighted by Crippen LogP contribution is -2.27. The molecule has 0 aliphatic carbocycles. The zero-order valence-corrected chi connectivity index (χ0v) is 10.2. The molecular weight excluding hydrogens is 241 g/mol. The first-order chi connectivity index (χ1) is 8.11. The van der Waals surface area contributed by atoms with Crippen molar-refractivity contribution in [2.45, 2.75) is 19.8 Å². The highest BCUT2D eigenvalue weighted by molar-refractivity contribution is 6.30. The van der Waals surface area contributed by atoms with Crippen LogP contribution in [0.15, 0.2) is 28.4 Å². The molecule has 0 saturated heterocycles. The van der Waals surface area contributed by atoms with Crippen LogP contribution in [0, 0.1) is 11.7 Å². The molecule has 5 heteroatoms. The summed E-state index contributed by atoms with van der Waals surface area (Å²) in [4.78, 5) is 0. The van der Waals surface area contributed by atoms with E-state index in [2.05, 4.69) is 10.2 Å². The van der Waals surface area contributed by atoms with Crippen molar-refractivity contribution in [1.82, 2.24) is 0 Å². The van der Waals surface area contributed by atoms with Crippen LogP contribution in [0.2, 0.25) is 5.02 Å². The summed E-state index contributed by atoms with van der Waals surface area (Å²) in [6, 6.07) is 4.57. The van der Waals surface area contributed by atoms with E-state index in [9.17, 15) is 4.39 Å². The van der Waals surface area contributed by atoms with Crippen molar-refractivity contribution >= 4 is 23.1 Å². The molecule has 0 spiro atoms. The molecule has 0 fully saturated rings. The van der Waals surface area contributed by atoms with Crippen LogP contribution in [0.1, 0.15) is 25.3 Å². The monoisotopic (exact) mass is 253 g/mol. The van der Waals surface area contributed by atoms with Gasteiger partial charge in [0.15, 0.2) is 0 Å². The van der Waals surface area contributed by atoms with Crippen molar-refractivity contribution in [2.24, 2.45) is 21.9 Å². The second-order valence-electron chi connectivity index (χ2n) is 4.01. The van der Waals surface area contributed by atoms with Crippen LogP contribution in [0.5, 0.6) is 0 Å². The zero-order chi connectivity index (χ0) is 12.4. The van der Waals surface area contributed by atoms with Crippen molar-refractivity contribution in [3.8, 4) is 0 Å². The largest absolute Gasteiger partial charge is 0.386 e. The van der Waals surface area contributed by atoms with E-state index in [0.717, 1.165) is 6.42 Å². The average Bonchev–Trinajstić information content (AvgIpc) is 2.30. The molecule has 0 aromatic heterocycles. The SMILES string of the molecule is CCC1CC(N)=NN=C1c1ccc(Cl)cc1F. The fourth-order valence-electron chi connectivity index (χ4n) is 1.90. The van der Waals surface area contributed by atoms with Gasteiger partial charge in [-0.05, 0) is 24.6 Å². The Hall–Kier alpha value is -1.42. The first-order valence-electron chi connectivity index (χ1n) is 5.47. The quantitative estimate of drug-likeness (QED) is 0.866. The minimum Gasteiger partial charge on any atom is -0.386 e. The number of benzene rings is 1. The van der Waals surface area contributed by atoms with Crippen LogP contribution < -0.4 is 5.73 Å². The minimum atomic E-state index is -0.370. The second-order valence-corrected chi connectivity index (χ2v) is 4.45. The van der Waals surface area contributed by atoms with Crippen LogP contribution in [0.25, 0.3) is 0 Å². The Morgan fingerprint density at radius 1 is 1.47 bits per heavy atom. The molecule has 1 aliphatic rings. The van der Waals surface area contributed by atoms with Crippen LogP contribution in [0.4, 0.5) is 4.39 Å². The summed E-state index contributed by atoms with van der Waals surface area (Å²) in [6.07, 6.45) is 1.47. The predicted molar refractivity (Wildman–Crippen MR) is 68.0 cm³/mol. The molecule has 1 atom stereocenters. The zero-order valence-electron chi connectivity index (χ0n) is 9.45. The number of amidine groups is 1. The third-order valence-electron chi connectivity index (χ3n) is 2.83. The summed E-state index contributed by atoms with van der Waals surface area (Å²) in [5.74, 6) is 0.239. The van der Waals surface area contributed by atoms with Crippen molar-refractivity contribution in [1.29, 1.82) is 0 Å². The lowest BCUT2D eigenvalue weighted by molar-refractivity contribution is 0.616. The van der Waals surface area contributed by atoms with Crippen LogP contribution in [-0.2, 0) is 0 Å². The molecule has 1 heterocycles. The molecule has 0 radical (unpaired) electrons. The smallest absolute Gasteiger partial charge is 0.133 e. The van der Waals surface area contributed by atoms with Gasteiger partial charge in [0.2, 0.25) is 0 Å². The molecule has 17 heavy (non-hydrogen) atoms. The van der Waals surface area contributed by atoms with Gasteiger partial charge >= 0.3 is 0 Å². The van der Waals surface area contributed by atoms with Crippen LogP contribution in [0.3, 0.4) is 0 Å². The third-order valence-corrected chi connectivity index (χ3v) is 3.06. The maximum atomic E-state index is 13.8. The van der Waals surface area contributed by atoms with Crippen molar-refractivity contribution in [3.05, 3.63) is 34.6 Å². The molecule has 1 unspecified atom stereocenters. The second kappa shape index (κ2) is 4.84. The highest BCUT2D eigenvalue weighted by Gasteiger charge is 2.23. The molecule has 0 amide bonds. The summed E-state index contributed by atoms with van der Waals surface area (Å²) >= 11 is 5.72. The van der Waals surface area contributed by atoms with E-state index < -0.39 is 0 Å². The van der Waals surface area contributed by atoms with Crippen molar-refractivity contribution < 1.29 is 4.39 Å². The predicted octanol–water partition coefficient (Wildman–Crippen LogP) is 2.97. The van der Waals surface area contributed by atoms with Gasteiger partial charge in [0.05, 0.1) is 5.71 Å². The van der Waals surface area contributed by atoms with E-state index in [0.29, 0.717) is 28.6 Å². The standard InChI is InChI=1S/C12H13ClFN3/c1-2-7-5-11(15)16-17-12(7)9-4-3-8(13)6-10(9)14/h3-4,6-7H,2,5H2,1H3,(H2,15,16). The van der Waals surface area contributed by atoms with E-state index >= 15 is 0 Å². The Morgan fingerprint density at radius 3 is 2.88 bits per heavy atom. The Kier molecular flexibility index (Phi) is 3.43. The first kappa shape index (κ1) is 12.0.